The van der Waals surface area contributed by atoms with Crippen molar-refractivity contribution in [1.82, 2.24) is 9.80 Å². The van der Waals surface area contributed by atoms with Gasteiger partial charge in [-0.05, 0) is 30.9 Å². The average Bonchev–Trinajstić information content (AvgIpc) is 3.00. The summed E-state index contributed by atoms with van der Waals surface area (Å²) in [5, 5.41) is 0. The summed E-state index contributed by atoms with van der Waals surface area (Å²) in [5.74, 6) is 1.92. The number of amides is 2. The molecule has 0 radical (unpaired) electrons. The van der Waals surface area contributed by atoms with Gasteiger partial charge in [0.15, 0.2) is 0 Å². The predicted molar refractivity (Wildman–Crippen MR) is 110 cm³/mol. The molecule has 2 amide bonds. The molecule has 0 aromatic heterocycles. The van der Waals surface area contributed by atoms with Crippen LogP contribution >= 0.6 is 0 Å². The lowest BCUT2D eigenvalue weighted by Gasteiger charge is -2.24. The van der Waals surface area contributed by atoms with Crippen LogP contribution in [0.15, 0.2) is 30.3 Å². The van der Waals surface area contributed by atoms with E-state index in [2.05, 4.69) is 0 Å². The van der Waals surface area contributed by atoms with Crippen LogP contribution in [0.25, 0.3) is 0 Å². The predicted octanol–water partition coefficient (Wildman–Crippen LogP) is 3.88. The molecule has 5 heteroatoms. The van der Waals surface area contributed by atoms with Crippen molar-refractivity contribution in [1.29, 1.82) is 0 Å². The van der Waals surface area contributed by atoms with Crippen LogP contribution in [0.4, 0.5) is 0 Å². The van der Waals surface area contributed by atoms with Crippen LogP contribution in [0.2, 0.25) is 0 Å². The van der Waals surface area contributed by atoms with Gasteiger partial charge >= 0.3 is 0 Å². The zero-order valence-corrected chi connectivity index (χ0v) is 17.0. The molecular weight excluding hydrogens is 352 g/mol. The Morgan fingerprint density at radius 3 is 2.14 bits per heavy atom. The van der Waals surface area contributed by atoms with Gasteiger partial charge in [0.25, 0.3) is 0 Å². The first-order valence-corrected chi connectivity index (χ1v) is 11.0. The largest absolute Gasteiger partial charge is 0.493 e. The maximum Gasteiger partial charge on any atom is 0.226 e. The summed E-state index contributed by atoms with van der Waals surface area (Å²) in [4.78, 5) is 29.0. The smallest absolute Gasteiger partial charge is 0.226 e. The Morgan fingerprint density at radius 1 is 0.821 bits per heavy atom. The summed E-state index contributed by atoms with van der Waals surface area (Å²) in [7, 11) is 0. The van der Waals surface area contributed by atoms with E-state index in [4.69, 9.17) is 4.74 Å². The van der Waals surface area contributed by atoms with Gasteiger partial charge in [0.05, 0.1) is 13.0 Å². The Hall–Kier alpha value is -2.04. The zero-order chi connectivity index (χ0) is 19.6. The fraction of sp³-hybridized carbons (Fsp3) is 0.652. The number of carbonyl (C=O) groups excluding carboxylic acids is 2. The highest BCUT2D eigenvalue weighted by Gasteiger charge is 2.23. The molecule has 1 aromatic carbocycles. The quantitative estimate of drug-likeness (QED) is 0.715. The molecule has 0 atom stereocenters. The molecule has 0 bridgehead atoms. The molecule has 1 saturated heterocycles. The summed E-state index contributed by atoms with van der Waals surface area (Å²) in [5.41, 5.74) is 0. The molecule has 2 aliphatic rings. The van der Waals surface area contributed by atoms with Gasteiger partial charge in [0, 0.05) is 32.6 Å². The highest BCUT2D eigenvalue weighted by molar-refractivity contribution is 5.77. The van der Waals surface area contributed by atoms with Crippen LogP contribution in [0.1, 0.15) is 57.8 Å². The normalized spacial score (nSPS) is 18.6. The van der Waals surface area contributed by atoms with E-state index in [1.165, 1.54) is 32.1 Å². The van der Waals surface area contributed by atoms with Crippen molar-refractivity contribution in [3.8, 4) is 5.75 Å². The molecule has 28 heavy (non-hydrogen) atoms. The van der Waals surface area contributed by atoms with Crippen LogP contribution in [0, 0.1) is 5.92 Å². The van der Waals surface area contributed by atoms with E-state index in [1.54, 1.807) is 0 Å². The highest BCUT2D eigenvalue weighted by Crippen LogP contribution is 2.27. The third-order valence-electron chi connectivity index (χ3n) is 6.02. The molecule has 2 fully saturated rings. The molecule has 5 nitrogen and oxygen atoms in total. The number of carbonyl (C=O) groups is 2. The molecule has 1 aromatic rings. The second-order valence-corrected chi connectivity index (χ2v) is 8.07. The molecule has 1 heterocycles. The number of para-hydroxylation sites is 1. The van der Waals surface area contributed by atoms with Crippen LogP contribution in [0.3, 0.4) is 0 Å². The lowest BCUT2D eigenvalue weighted by molar-refractivity contribution is -0.134. The minimum Gasteiger partial charge on any atom is -0.493 e. The molecule has 1 saturated carbocycles. The van der Waals surface area contributed by atoms with Gasteiger partial charge in [-0.3, -0.25) is 9.59 Å². The van der Waals surface area contributed by atoms with Crippen LogP contribution < -0.4 is 4.74 Å². The standard InChI is InChI=1S/C23H34N2O3/c26-22(13-12-20-8-3-1-4-9-20)24-15-7-16-25(18-17-24)23(27)14-19-28-21-10-5-2-6-11-21/h2,5-6,10-11,20H,1,3-4,7-9,12-19H2. The van der Waals surface area contributed by atoms with Crippen molar-refractivity contribution < 1.29 is 14.3 Å². The van der Waals surface area contributed by atoms with Gasteiger partial charge in [-0.15, -0.1) is 0 Å². The lowest BCUT2D eigenvalue weighted by atomic mass is 9.86. The Bertz CT molecular complexity index is 614. The van der Waals surface area contributed by atoms with E-state index in [0.717, 1.165) is 37.6 Å². The Labute approximate surface area is 169 Å². The molecule has 0 spiro atoms. The van der Waals surface area contributed by atoms with E-state index < -0.39 is 0 Å². The minimum absolute atomic E-state index is 0.118. The van der Waals surface area contributed by atoms with Crippen molar-refractivity contribution in [2.75, 3.05) is 32.8 Å². The third kappa shape index (κ3) is 6.54. The number of benzene rings is 1. The molecule has 1 aliphatic carbocycles. The van der Waals surface area contributed by atoms with Crippen LogP contribution in [-0.4, -0.2) is 54.4 Å². The summed E-state index contributed by atoms with van der Waals surface area (Å²) >= 11 is 0. The first-order chi connectivity index (χ1) is 13.7. The van der Waals surface area contributed by atoms with Crippen LogP contribution in [-0.2, 0) is 9.59 Å². The number of ether oxygens (including phenoxy) is 1. The summed E-state index contributed by atoms with van der Waals surface area (Å²) < 4.78 is 5.64. The fourth-order valence-electron chi connectivity index (χ4n) is 4.31. The average molecular weight is 387 g/mol. The van der Waals surface area contributed by atoms with Crippen molar-refractivity contribution in [2.45, 2.75) is 57.8 Å². The van der Waals surface area contributed by atoms with Gasteiger partial charge in [-0.25, -0.2) is 0 Å². The van der Waals surface area contributed by atoms with E-state index in [0.29, 0.717) is 32.5 Å². The van der Waals surface area contributed by atoms with E-state index in [1.807, 2.05) is 40.1 Å². The SMILES string of the molecule is O=C(CCOc1ccccc1)N1CCCN(C(=O)CCC2CCCCC2)CC1. The summed E-state index contributed by atoms with van der Waals surface area (Å²) in [6.45, 7) is 3.20. The van der Waals surface area contributed by atoms with E-state index in [-0.39, 0.29) is 11.8 Å². The van der Waals surface area contributed by atoms with Crippen molar-refractivity contribution >= 4 is 11.8 Å². The second kappa shape index (κ2) is 11.1. The topological polar surface area (TPSA) is 49.9 Å². The van der Waals surface area contributed by atoms with Gasteiger partial charge in [0.2, 0.25) is 11.8 Å². The maximum absolute atomic E-state index is 12.6. The van der Waals surface area contributed by atoms with Crippen molar-refractivity contribution in [3.63, 3.8) is 0 Å². The minimum atomic E-state index is 0.118. The third-order valence-corrected chi connectivity index (χ3v) is 6.02. The number of rotatable bonds is 7. The molecule has 0 N–H and O–H groups in total. The first-order valence-electron chi connectivity index (χ1n) is 11.0. The van der Waals surface area contributed by atoms with E-state index >= 15 is 0 Å². The van der Waals surface area contributed by atoms with Crippen molar-refractivity contribution in [3.05, 3.63) is 30.3 Å². The molecule has 3 rings (SSSR count). The van der Waals surface area contributed by atoms with E-state index in [9.17, 15) is 9.59 Å². The maximum atomic E-state index is 12.6. The van der Waals surface area contributed by atoms with Gasteiger partial charge in [-0.2, -0.15) is 0 Å². The van der Waals surface area contributed by atoms with Gasteiger partial charge in [0.1, 0.15) is 5.75 Å². The molecule has 154 valence electrons. The zero-order valence-electron chi connectivity index (χ0n) is 17.0. The second-order valence-electron chi connectivity index (χ2n) is 8.07. The van der Waals surface area contributed by atoms with Crippen molar-refractivity contribution in [2.24, 2.45) is 5.92 Å². The number of nitrogens with zero attached hydrogens (tertiary/aromatic N) is 2. The Morgan fingerprint density at radius 2 is 1.46 bits per heavy atom. The number of hydrogen-bond acceptors (Lipinski definition) is 3. The molecule has 0 unspecified atom stereocenters. The lowest BCUT2D eigenvalue weighted by Crippen LogP contribution is -2.37. The molecular formula is C23H34N2O3. The Balaban J connectivity index is 1.36. The summed E-state index contributed by atoms with van der Waals surface area (Å²) in [6, 6.07) is 9.58. The monoisotopic (exact) mass is 386 g/mol. The van der Waals surface area contributed by atoms with Gasteiger partial charge in [-0.1, -0.05) is 50.3 Å². The molecule has 1 aliphatic heterocycles. The van der Waals surface area contributed by atoms with Crippen LogP contribution in [0.5, 0.6) is 5.75 Å². The summed E-state index contributed by atoms with van der Waals surface area (Å²) in [6.07, 6.45) is 9.54. The Kier molecular flexibility index (Phi) is 8.19. The van der Waals surface area contributed by atoms with Gasteiger partial charge < -0.3 is 14.5 Å². The number of hydrogen-bond donors (Lipinski definition) is 0. The first kappa shape index (κ1) is 20.7. The fourth-order valence-corrected chi connectivity index (χ4v) is 4.31. The highest BCUT2D eigenvalue weighted by atomic mass is 16.5.